The molecule has 0 amide bonds. The van der Waals surface area contributed by atoms with Gasteiger partial charge in [0.1, 0.15) is 11.6 Å². The lowest BCUT2D eigenvalue weighted by molar-refractivity contribution is 0.576. The topological polar surface area (TPSA) is 12.0 Å². The van der Waals surface area contributed by atoms with Crippen LogP contribution in [0.25, 0.3) is 0 Å². The molecular weight excluding hydrogens is 196 g/mol. The van der Waals surface area contributed by atoms with Crippen LogP contribution in [0.1, 0.15) is 25.3 Å². The first-order valence-electron chi connectivity index (χ1n) is 5.38. The lowest BCUT2D eigenvalue weighted by Crippen LogP contribution is -2.13. The Morgan fingerprint density at radius 2 is 1.73 bits per heavy atom. The molecule has 0 aliphatic rings. The minimum Gasteiger partial charge on any atom is -0.317 e. The van der Waals surface area contributed by atoms with Gasteiger partial charge in [-0.3, -0.25) is 0 Å². The number of aryl methyl sites for hydroxylation is 1. The average molecular weight is 213 g/mol. The average Bonchev–Trinajstić information content (AvgIpc) is 2.16. The lowest BCUT2D eigenvalue weighted by atomic mass is 10.1. The molecule has 1 aromatic rings. The van der Waals surface area contributed by atoms with Crippen molar-refractivity contribution >= 4 is 0 Å². The Morgan fingerprint density at radius 3 is 2.33 bits per heavy atom. The third-order valence-electron chi connectivity index (χ3n) is 2.24. The van der Waals surface area contributed by atoms with E-state index in [2.05, 4.69) is 12.2 Å². The third-order valence-corrected chi connectivity index (χ3v) is 2.24. The lowest BCUT2D eigenvalue weighted by Gasteiger charge is -2.03. The molecule has 0 aliphatic heterocycles. The summed E-state index contributed by atoms with van der Waals surface area (Å²) in [6.07, 6.45) is 2.72. The van der Waals surface area contributed by atoms with Crippen molar-refractivity contribution in [2.24, 2.45) is 0 Å². The van der Waals surface area contributed by atoms with E-state index in [1.807, 2.05) is 0 Å². The van der Waals surface area contributed by atoms with Crippen molar-refractivity contribution in [3.63, 3.8) is 0 Å². The molecule has 0 saturated heterocycles. The fourth-order valence-electron chi connectivity index (χ4n) is 1.51. The van der Waals surface area contributed by atoms with E-state index in [-0.39, 0.29) is 0 Å². The van der Waals surface area contributed by atoms with Crippen molar-refractivity contribution < 1.29 is 8.78 Å². The van der Waals surface area contributed by atoms with Gasteiger partial charge in [0, 0.05) is 6.07 Å². The summed E-state index contributed by atoms with van der Waals surface area (Å²) in [6, 6.07) is 3.70. The summed E-state index contributed by atoms with van der Waals surface area (Å²) in [7, 11) is 0. The highest BCUT2D eigenvalue weighted by Crippen LogP contribution is 2.10. The van der Waals surface area contributed by atoms with Gasteiger partial charge in [-0.2, -0.15) is 0 Å². The molecule has 0 fully saturated rings. The Hall–Kier alpha value is -0.960. The SMILES string of the molecule is CCNCCCCc1cc(F)cc(F)c1. The molecule has 84 valence electrons. The van der Waals surface area contributed by atoms with Crippen LogP contribution in [0, 0.1) is 11.6 Å². The highest BCUT2D eigenvalue weighted by molar-refractivity contribution is 5.17. The fourth-order valence-corrected chi connectivity index (χ4v) is 1.51. The van der Waals surface area contributed by atoms with Gasteiger partial charge < -0.3 is 5.32 Å². The predicted molar refractivity (Wildman–Crippen MR) is 57.8 cm³/mol. The fraction of sp³-hybridized carbons (Fsp3) is 0.500. The largest absolute Gasteiger partial charge is 0.317 e. The Labute approximate surface area is 89.5 Å². The van der Waals surface area contributed by atoms with Crippen LogP contribution in [0.15, 0.2) is 18.2 Å². The van der Waals surface area contributed by atoms with Crippen LogP contribution in [-0.2, 0) is 6.42 Å². The summed E-state index contributed by atoms with van der Waals surface area (Å²) in [5.74, 6) is -0.978. The Morgan fingerprint density at radius 1 is 1.07 bits per heavy atom. The molecule has 0 aromatic heterocycles. The number of halogens is 2. The van der Waals surface area contributed by atoms with Gasteiger partial charge in [-0.15, -0.1) is 0 Å². The molecule has 1 aromatic carbocycles. The summed E-state index contributed by atoms with van der Waals surface area (Å²) in [5, 5.41) is 3.21. The van der Waals surface area contributed by atoms with Crippen LogP contribution in [0.5, 0.6) is 0 Å². The summed E-state index contributed by atoms with van der Waals surface area (Å²) >= 11 is 0. The molecule has 3 heteroatoms. The number of benzene rings is 1. The number of hydrogen-bond donors (Lipinski definition) is 1. The van der Waals surface area contributed by atoms with Gasteiger partial charge in [0.25, 0.3) is 0 Å². The van der Waals surface area contributed by atoms with E-state index in [0.717, 1.165) is 44.0 Å². The van der Waals surface area contributed by atoms with E-state index in [0.29, 0.717) is 0 Å². The standard InChI is InChI=1S/C12H17F2N/c1-2-15-6-4-3-5-10-7-11(13)9-12(14)8-10/h7-9,15H,2-6H2,1H3. The van der Waals surface area contributed by atoms with Crippen molar-refractivity contribution in [1.29, 1.82) is 0 Å². The summed E-state index contributed by atoms with van der Waals surface area (Å²) < 4.78 is 25.6. The zero-order chi connectivity index (χ0) is 11.1. The van der Waals surface area contributed by atoms with Gasteiger partial charge in [-0.05, 0) is 50.0 Å². The smallest absolute Gasteiger partial charge is 0.126 e. The summed E-state index contributed by atoms with van der Waals surface area (Å²) in [4.78, 5) is 0. The quantitative estimate of drug-likeness (QED) is 0.716. The van der Waals surface area contributed by atoms with E-state index in [9.17, 15) is 8.78 Å². The first kappa shape index (κ1) is 12.1. The second-order valence-corrected chi connectivity index (χ2v) is 3.59. The Kier molecular flexibility index (Phi) is 5.26. The van der Waals surface area contributed by atoms with Crippen LogP contribution in [0.2, 0.25) is 0 Å². The summed E-state index contributed by atoms with van der Waals surface area (Å²) in [6.45, 7) is 3.99. The van der Waals surface area contributed by atoms with Crippen molar-refractivity contribution in [2.75, 3.05) is 13.1 Å². The molecular formula is C12H17F2N. The number of rotatable bonds is 6. The Balaban J connectivity index is 2.31. The monoisotopic (exact) mass is 213 g/mol. The van der Waals surface area contributed by atoms with Crippen molar-refractivity contribution in [3.8, 4) is 0 Å². The maximum Gasteiger partial charge on any atom is 0.126 e. The van der Waals surface area contributed by atoms with Crippen molar-refractivity contribution in [2.45, 2.75) is 26.2 Å². The van der Waals surface area contributed by atoms with Crippen LogP contribution < -0.4 is 5.32 Å². The van der Waals surface area contributed by atoms with Gasteiger partial charge in [0.2, 0.25) is 0 Å². The molecule has 1 nitrogen and oxygen atoms in total. The molecule has 0 heterocycles. The van der Waals surface area contributed by atoms with Gasteiger partial charge >= 0.3 is 0 Å². The van der Waals surface area contributed by atoms with Gasteiger partial charge in [-0.1, -0.05) is 6.92 Å². The number of hydrogen-bond acceptors (Lipinski definition) is 1. The zero-order valence-corrected chi connectivity index (χ0v) is 9.02. The van der Waals surface area contributed by atoms with Crippen molar-refractivity contribution in [3.05, 3.63) is 35.4 Å². The predicted octanol–water partition coefficient (Wildman–Crippen LogP) is 2.90. The molecule has 0 bridgehead atoms. The van der Waals surface area contributed by atoms with Crippen LogP contribution in [-0.4, -0.2) is 13.1 Å². The van der Waals surface area contributed by atoms with E-state index in [1.54, 1.807) is 0 Å². The van der Waals surface area contributed by atoms with Crippen molar-refractivity contribution in [1.82, 2.24) is 5.32 Å². The zero-order valence-electron chi connectivity index (χ0n) is 9.02. The molecule has 0 atom stereocenters. The number of unbranched alkanes of at least 4 members (excludes halogenated alkanes) is 1. The van der Waals surface area contributed by atoms with Crippen LogP contribution in [0.4, 0.5) is 8.78 Å². The normalized spacial score (nSPS) is 10.6. The molecule has 15 heavy (non-hydrogen) atoms. The first-order chi connectivity index (χ1) is 7.22. The van der Waals surface area contributed by atoms with Gasteiger partial charge in [0.15, 0.2) is 0 Å². The molecule has 0 radical (unpaired) electrons. The number of nitrogens with one attached hydrogen (secondary N) is 1. The van der Waals surface area contributed by atoms with Crippen LogP contribution in [0.3, 0.4) is 0 Å². The molecule has 0 saturated carbocycles. The van der Waals surface area contributed by atoms with E-state index in [4.69, 9.17) is 0 Å². The van der Waals surface area contributed by atoms with Gasteiger partial charge in [-0.25, -0.2) is 8.78 Å². The van der Waals surface area contributed by atoms with E-state index >= 15 is 0 Å². The maximum absolute atomic E-state index is 12.8. The van der Waals surface area contributed by atoms with E-state index in [1.165, 1.54) is 12.1 Å². The second-order valence-electron chi connectivity index (χ2n) is 3.59. The summed E-state index contributed by atoms with van der Waals surface area (Å²) in [5.41, 5.74) is 0.740. The van der Waals surface area contributed by atoms with E-state index < -0.39 is 11.6 Å². The first-order valence-corrected chi connectivity index (χ1v) is 5.38. The molecule has 1 N–H and O–H groups in total. The molecule has 0 spiro atoms. The minimum atomic E-state index is -0.489. The molecule has 1 rings (SSSR count). The highest BCUT2D eigenvalue weighted by Gasteiger charge is 2.00. The highest BCUT2D eigenvalue weighted by atomic mass is 19.1. The van der Waals surface area contributed by atoms with Crippen LogP contribution >= 0.6 is 0 Å². The van der Waals surface area contributed by atoms with Gasteiger partial charge in [0.05, 0.1) is 0 Å². The molecule has 0 aliphatic carbocycles. The third kappa shape index (κ3) is 4.88. The maximum atomic E-state index is 12.8. The second kappa shape index (κ2) is 6.51. The Bertz CT molecular complexity index is 279. The molecule has 0 unspecified atom stereocenters. The minimum absolute atomic E-state index is 0.489.